The fraction of sp³-hybridized carbons (Fsp3) is 0. The predicted octanol–water partition coefficient (Wildman–Crippen LogP) is 6.28. The van der Waals surface area contributed by atoms with E-state index in [1.165, 1.54) is 11.8 Å². The molecular formula is C19H10Cl3N3OS. The number of aliphatic imine (C=N–C) groups is 1. The number of benzene rings is 2. The van der Waals surface area contributed by atoms with E-state index >= 15 is 0 Å². The number of carbonyl (C=O) groups excluding carboxylic acids is 1. The number of hydrogen-bond acceptors (Lipinski definition) is 4. The van der Waals surface area contributed by atoms with Gasteiger partial charge in [0.05, 0.1) is 26.2 Å². The summed E-state index contributed by atoms with van der Waals surface area (Å²) in [5.74, 6) is -0.319. The number of rotatable bonds is 2. The van der Waals surface area contributed by atoms with E-state index in [0.29, 0.717) is 31.0 Å². The molecule has 0 saturated carbocycles. The fourth-order valence-electron chi connectivity index (χ4n) is 2.55. The first-order valence-corrected chi connectivity index (χ1v) is 9.74. The van der Waals surface area contributed by atoms with Crippen LogP contribution in [0.3, 0.4) is 0 Å². The summed E-state index contributed by atoms with van der Waals surface area (Å²) in [5.41, 5.74) is 2.19. The summed E-state index contributed by atoms with van der Waals surface area (Å²) in [5, 5.41) is 5.74. The standard InChI is InChI=1S/C19H10Cl3N3OS/c20-12-2-1-3-13(21)17(12)24-19-25-18(26)15(27-19)9-10-4-6-14-11(8-10)5-7-16(22)23-14/h1-9H,(H,24,25,26). The number of amidine groups is 1. The molecule has 27 heavy (non-hydrogen) atoms. The van der Waals surface area contributed by atoms with Crippen LogP contribution in [0.15, 0.2) is 58.4 Å². The van der Waals surface area contributed by atoms with Crippen LogP contribution < -0.4 is 5.32 Å². The Morgan fingerprint density at radius 3 is 2.56 bits per heavy atom. The van der Waals surface area contributed by atoms with Gasteiger partial charge in [-0.05, 0) is 59.8 Å². The van der Waals surface area contributed by atoms with Gasteiger partial charge in [-0.25, -0.2) is 4.98 Å². The normalized spacial score (nSPS) is 15.4. The largest absolute Gasteiger partial charge is 0.332 e. The van der Waals surface area contributed by atoms with E-state index in [9.17, 15) is 4.79 Å². The number of anilines is 1. The lowest BCUT2D eigenvalue weighted by Gasteiger charge is -2.08. The Labute approximate surface area is 174 Å². The minimum atomic E-state index is -0.319. The van der Waals surface area contributed by atoms with Gasteiger partial charge in [0.1, 0.15) is 5.15 Å². The summed E-state index contributed by atoms with van der Waals surface area (Å²) in [7, 11) is 0. The molecule has 1 aromatic heterocycles. The van der Waals surface area contributed by atoms with Crippen LogP contribution >= 0.6 is 46.6 Å². The number of pyridine rings is 1. The zero-order valence-electron chi connectivity index (χ0n) is 13.5. The van der Waals surface area contributed by atoms with E-state index in [4.69, 9.17) is 34.8 Å². The van der Waals surface area contributed by atoms with Crippen molar-refractivity contribution in [3.05, 3.63) is 74.2 Å². The third-order valence-corrected chi connectivity index (χ3v) is 5.53. The molecule has 0 radical (unpaired) electrons. The molecule has 2 aromatic carbocycles. The van der Waals surface area contributed by atoms with Crippen LogP contribution in [0.5, 0.6) is 0 Å². The molecule has 1 amide bonds. The Bertz CT molecular complexity index is 1120. The van der Waals surface area contributed by atoms with E-state index < -0.39 is 0 Å². The third-order valence-electron chi connectivity index (χ3n) is 3.79. The number of nitrogens with one attached hydrogen (secondary N) is 1. The number of para-hydroxylation sites is 1. The maximum Gasteiger partial charge on any atom is 0.286 e. The van der Waals surface area contributed by atoms with E-state index in [2.05, 4.69) is 15.3 Å². The topological polar surface area (TPSA) is 54.4 Å². The molecule has 0 aliphatic carbocycles. The number of thioether (sulfide) groups is 1. The van der Waals surface area contributed by atoms with E-state index in [1.54, 1.807) is 30.3 Å². The van der Waals surface area contributed by atoms with Crippen LogP contribution in [0.2, 0.25) is 15.2 Å². The van der Waals surface area contributed by atoms with Crippen molar-refractivity contribution < 1.29 is 4.79 Å². The maximum atomic E-state index is 12.2. The van der Waals surface area contributed by atoms with Gasteiger partial charge in [-0.15, -0.1) is 0 Å². The van der Waals surface area contributed by atoms with Gasteiger partial charge in [-0.1, -0.05) is 46.9 Å². The lowest BCUT2D eigenvalue weighted by atomic mass is 10.1. The highest BCUT2D eigenvalue weighted by atomic mass is 35.5. The van der Waals surface area contributed by atoms with Crippen LogP contribution in [0, 0.1) is 0 Å². The van der Waals surface area contributed by atoms with E-state index in [1.807, 2.05) is 24.3 Å². The Hall–Kier alpha value is -2.05. The molecule has 0 fully saturated rings. The summed E-state index contributed by atoms with van der Waals surface area (Å²) in [6.45, 7) is 0. The minimum Gasteiger partial charge on any atom is -0.332 e. The van der Waals surface area contributed by atoms with Crippen LogP contribution in [0.1, 0.15) is 5.56 Å². The molecule has 134 valence electrons. The van der Waals surface area contributed by atoms with Gasteiger partial charge in [0.25, 0.3) is 5.91 Å². The number of halogens is 3. The highest BCUT2D eigenvalue weighted by Gasteiger charge is 2.23. The maximum absolute atomic E-state index is 12.2. The quantitative estimate of drug-likeness (QED) is 0.381. The number of hydrogen-bond donors (Lipinski definition) is 1. The molecular weight excluding hydrogens is 425 g/mol. The van der Waals surface area contributed by atoms with Crippen molar-refractivity contribution in [3.63, 3.8) is 0 Å². The first kappa shape index (κ1) is 18.3. The van der Waals surface area contributed by atoms with Gasteiger partial charge in [-0.2, -0.15) is 4.99 Å². The highest BCUT2D eigenvalue weighted by molar-refractivity contribution is 8.18. The SMILES string of the molecule is O=C1N=C(Nc2c(Cl)cccc2Cl)SC1=Cc1ccc2nc(Cl)ccc2c1. The lowest BCUT2D eigenvalue weighted by molar-refractivity contribution is -0.113. The zero-order chi connectivity index (χ0) is 19.0. The molecule has 4 rings (SSSR count). The monoisotopic (exact) mass is 433 g/mol. The van der Waals surface area contributed by atoms with Crippen molar-refractivity contribution in [1.29, 1.82) is 0 Å². The summed E-state index contributed by atoms with van der Waals surface area (Å²) in [6, 6.07) is 14.5. The Kier molecular flexibility index (Phi) is 5.10. The Morgan fingerprint density at radius 1 is 1.00 bits per heavy atom. The molecule has 0 spiro atoms. The lowest BCUT2D eigenvalue weighted by Crippen LogP contribution is -2.05. The molecule has 0 saturated heterocycles. The molecule has 8 heteroatoms. The highest BCUT2D eigenvalue weighted by Crippen LogP contribution is 2.34. The summed E-state index contributed by atoms with van der Waals surface area (Å²) in [6.07, 6.45) is 1.79. The van der Waals surface area contributed by atoms with E-state index in [0.717, 1.165) is 16.5 Å². The second kappa shape index (κ2) is 7.52. The third kappa shape index (κ3) is 3.96. The van der Waals surface area contributed by atoms with E-state index in [-0.39, 0.29) is 5.91 Å². The molecule has 0 bridgehead atoms. The molecule has 1 aliphatic rings. The smallest absolute Gasteiger partial charge is 0.286 e. The van der Waals surface area contributed by atoms with Crippen molar-refractivity contribution in [1.82, 2.24) is 4.98 Å². The minimum absolute atomic E-state index is 0.319. The molecule has 0 atom stereocenters. The number of amides is 1. The second-order valence-electron chi connectivity index (χ2n) is 5.64. The zero-order valence-corrected chi connectivity index (χ0v) is 16.6. The molecule has 1 N–H and O–H groups in total. The van der Waals surface area contributed by atoms with Gasteiger partial charge < -0.3 is 5.32 Å². The molecule has 3 aromatic rings. The molecule has 1 aliphatic heterocycles. The average molecular weight is 435 g/mol. The first-order valence-electron chi connectivity index (χ1n) is 7.79. The van der Waals surface area contributed by atoms with Crippen LogP contribution in [-0.4, -0.2) is 16.1 Å². The average Bonchev–Trinajstić information content (AvgIpc) is 2.98. The number of carbonyl (C=O) groups is 1. The fourth-order valence-corrected chi connectivity index (χ4v) is 4.01. The summed E-state index contributed by atoms with van der Waals surface area (Å²) < 4.78 is 0. The summed E-state index contributed by atoms with van der Waals surface area (Å²) >= 11 is 19.4. The van der Waals surface area contributed by atoms with Crippen LogP contribution in [0.25, 0.3) is 17.0 Å². The van der Waals surface area contributed by atoms with Gasteiger partial charge >= 0.3 is 0 Å². The summed E-state index contributed by atoms with van der Waals surface area (Å²) in [4.78, 5) is 21.0. The number of nitrogens with zero attached hydrogens (tertiary/aromatic N) is 2. The van der Waals surface area contributed by atoms with Crippen LogP contribution in [-0.2, 0) is 4.79 Å². The molecule has 2 heterocycles. The van der Waals surface area contributed by atoms with Crippen molar-refractivity contribution in [2.24, 2.45) is 4.99 Å². The van der Waals surface area contributed by atoms with Crippen molar-refractivity contribution in [2.45, 2.75) is 0 Å². The number of aromatic nitrogens is 1. The van der Waals surface area contributed by atoms with Crippen LogP contribution in [0.4, 0.5) is 5.69 Å². The van der Waals surface area contributed by atoms with Gasteiger partial charge in [0.15, 0.2) is 5.17 Å². The van der Waals surface area contributed by atoms with Gasteiger partial charge in [0.2, 0.25) is 0 Å². The van der Waals surface area contributed by atoms with Crippen molar-refractivity contribution >= 4 is 80.3 Å². The molecule has 0 unspecified atom stereocenters. The predicted molar refractivity (Wildman–Crippen MR) is 115 cm³/mol. The number of fused-ring (bicyclic) bond motifs is 1. The first-order chi connectivity index (χ1) is 13.0. The molecule has 4 nitrogen and oxygen atoms in total. The van der Waals surface area contributed by atoms with Gasteiger partial charge in [0, 0.05) is 5.39 Å². The Balaban J connectivity index is 1.58. The second-order valence-corrected chi connectivity index (χ2v) is 7.87. The van der Waals surface area contributed by atoms with Gasteiger partial charge in [-0.3, -0.25) is 4.79 Å². The Morgan fingerprint density at radius 2 is 1.78 bits per heavy atom. The van der Waals surface area contributed by atoms with Crippen molar-refractivity contribution in [3.8, 4) is 0 Å². The van der Waals surface area contributed by atoms with Crippen molar-refractivity contribution in [2.75, 3.05) is 5.32 Å².